The van der Waals surface area contributed by atoms with Gasteiger partial charge in [0.15, 0.2) is 0 Å². The lowest BCUT2D eigenvalue weighted by Crippen LogP contribution is -1.75. The molecule has 0 aromatic carbocycles. The van der Waals surface area contributed by atoms with Crippen LogP contribution in [0, 0.1) is 0 Å². The van der Waals surface area contributed by atoms with Crippen molar-refractivity contribution in [1.82, 2.24) is 9.97 Å². The Morgan fingerprint density at radius 2 is 2.27 bits per heavy atom. The summed E-state index contributed by atoms with van der Waals surface area (Å²) >= 11 is 9.11. The van der Waals surface area contributed by atoms with E-state index in [1.807, 2.05) is 12.1 Å². The number of nitrogens with one attached hydrogen (secondary N) is 1. The van der Waals surface area contributed by atoms with Crippen molar-refractivity contribution in [2.75, 3.05) is 0 Å². The van der Waals surface area contributed by atoms with Gasteiger partial charge < -0.3 is 4.98 Å². The molecular formula is C7H4BrClN2. The summed E-state index contributed by atoms with van der Waals surface area (Å²) in [5, 5.41) is 1.66. The molecule has 4 heteroatoms. The van der Waals surface area contributed by atoms with Gasteiger partial charge in [-0.25, -0.2) is 4.98 Å². The van der Waals surface area contributed by atoms with Crippen LogP contribution < -0.4 is 0 Å². The zero-order valence-electron chi connectivity index (χ0n) is 5.44. The Labute approximate surface area is 76.7 Å². The maximum atomic E-state index is 5.84. The average molecular weight is 231 g/mol. The molecule has 0 unspecified atom stereocenters. The van der Waals surface area contributed by atoms with E-state index in [2.05, 4.69) is 25.9 Å². The zero-order chi connectivity index (χ0) is 7.84. The first-order chi connectivity index (χ1) is 5.27. The summed E-state index contributed by atoms with van der Waals surface area (Å²) in [5.74, 6) is 0. The second kappa shape index (κ2) is 2.50. The highest BCUT2D eigenvalue weighted by Gasteiger charge is 2.00. The van der Waals surface area contributed by atoms with Crippen molar-refractivity contribution < 1.29 is 0 Å². The molecule has 2 nitrogen and oxygen atoms in total. The molecule has 0 saturated heterocycles. The molecule has 0 fully saturated rings. The molecule has 0 aliphatic heterocycles. The first-order valence-electron chi connectivity index (χ1n) is 3.06. The van der Waals surface area contributed by atoms with E-state index >= 15 is 0 Å². The predicted octanol–water partition coefficient (Wildman–Crippen LogP) is 2.98. The molecule has 56 valence electrons. The SMILES string of the molecule is Clc1c[nH]c2nc(Br)ccc12. The molecule has 0 aliphatic rings. The Kier molecular flexibility index (Phi) is 1.62. The van der Waals surface area contributed by atoms with E-state index in [1.165, 1.54) is 0 Å². The smallest absolute Gasteiger partial charge is 0.140 e. The predicted molar refractivity (Wildman–Crippen MR) is 48.8 cm³/mol. The van der Waals surface area contributed by atoms with Crippen molar-refractivity contribution in [3.05, 3.63) is 28.0 Å². The van der Waals surface area contributed by atoms with Crippen molar-refractivity contribution >= 4 is 38.6 Å². The van der Waals surface area contributed by atoms with Crippen LogP contribution in [0.3, 0.4) is 0 Å². The number of halogens is 2. The highest BCUT2D eigenvalue weighted by molar-refractivity contribution is 9.10. The van der Waals surface area contributed by atoms with Crippen LogP contribution in [-0.2, 0) is 0 Å². The van der Waals surface area contributed by atoms with Gasteiger partial charge in [0.05, 0.1) is 5.02 Å². The van der Waals surface area contributed by atoms with Crippen LogP contribution in [0.4, 0.5) is 0 Å². The molecule has 0 amide bonds. The molecule has 11 heavy (non-hydrogen) atoms. The fourth-order valence-corrected chi connectivity index (χ4v) is 1.46. The number of fused-ring (bicyclic) bond motifs is 1. The molecule has 0 radical (unpaired) electrons. The number of hydrogen-bond acceptors (Lipinski definition) is 1. The minimum absolute atomic E-state index is 0.708. The monoisotopic (exact) mass is 230 g/mol. The summed E-state index contributed by atoms with van der Waals surface area (Å²) < 4.78 is 0.809. The molecule has 2 aromatic rings. The number of H-pyrrole nitrogens is 1. The summed E-state index contributed by atoms with van der Waals surface area (Å²) in [6.45, 7) is 0. The topological polar surface area (TPSA) is 28.7 Å². The Balaban J connectivity index is 2.86. The third kappa shape index (κ3) is 1.14. The Hall–Kier alpha value is -0.540. The van der Waals surface area contributed by atoms with Gasteiger partial charge in [-0.2, -0.15) is 0 Å². The van der Waals surface area contributed by atoms with Gasteiger partial charge in [0.1, 0.15) is 10.3 Å². The molecule has 0 bridgehead atoms. The third-order valence-corrected chi connectivity index (χ3v) is 2.21. The standard InChI is InChI=1S/C7H4BrClN2/c8-6-2-1-4-5(9)3-10-7(4)11-6/h1-3H,(H,10,11). The largest absolute Gasteiger partial charge is 0.345 e. The minimum Gasteiger partial charge on any atom is -0.345 e. The van der Waals surface area contributed by atoms with E-state index in [1.54, 1.807) is 6.20 Å². The fourth-order valence-electron chi connectivity index (χ4n) is 0.948. The van der Waals surface area contributed by atoms with E-state index < -0.39 is 0 Å². The molecule has 0 atom stereocenters. The lowest BCUT2D eigenvalue weighted by molar-refractivity contribution is 1.29. The van der Waals surface area contributed by atoms with Crippen LogP contribution in [0.5, 0.6) is 0 Å². The maximum absolute atomic E-state index is 5.84. The van der Waals surface area contributed by atoms with E-state index in [-0.39, 0.29) is 0 Å². The number of aromatic amines is 1. The second-order valence-corrected chi connectivity index (χ2v) is 3.39. The van der Waals surface area contributed by atoms with Crippen molar-refractivity contribution in [3.8, 4) is 0 Å². The van der Waals surface area contributed by atoms with Gasteiger partial charge in [-0.3, -0.25) is 0 Å². The maximum Gasteiger partial charge on any atom is 0.140 e. The van der Waals surface area contributed by atoms with Gasteiger partial charge in [-0.05, 0) is 28.1 Å². The van der Waals surface area contributed by atoms with Crippen molar-refractivity contribution in [1.29, 1.82) is 0 Å². The number of pyridine rings is 1. The van der Waals surface area contributed by atoms with Crippen LogP contribution in [0.25, 0.3) is 11.0 Å². The number of aromatic nitrogens is 2. The second-order valence-electron chi connectivity index (χ2n) is 2.17. The lowest BCUT2D eigenvalue weighted by atomic mass is 10.3. The number of nitrogens with zero attached hydrogens (tertiary/aromatic N) is 1. The summed E-state index contributed by atoms with van der Waals surface area (Å²) in [7, 11) is 0. The first kappa shape index (κ1) is 7.13. The summed E-state index contributed by atoms with van der Waals surface area (Å²) in [6.07, 6.45) is 1.73. The molecule has 1 N–H and O–H groups in total. The minimum atomic E-state index is 0.708. The Bertz CT molecular complexity index is 396. The Morgan fingerprint density at radius 1 is 1.45 bits per heavy atom. The van der Waals surface area contributed by atoms with Crippen LogP contribution >= 0.6 is 27.5 Å². The van der Waals surface area contributed by atoms with Gasteiger partial charge in [0, 0.05) is 11.6 Å². The molecule has 0 spiro atoms. The highest BCUT2D eigenvalue weighted by Crippen LogP contribution is 2.22. The van der Waals surface area contributed by atoms with Crippen LogP contribution in [0.15, 0.2) is 22.9 Å². The van der Waals surface area contributed by atoms with Gasteiger partial charge in [0.25, 0.3) is 0 Å². The van der Waals surface area contributed by atoms with Gasteiger partial charge in [0.2, 0.25) is 0 Å². The average Bonchev–Trinajstić information content (AvgIpc) is 2.32. The van der Waals surface area contributed by atoms with Gasteiger partial charge in [-0.15, -0.1) is 0 Å². The van der Waals surface area contributed by atoms with Crippen molar-refractivity contribution in [2.24, 2.45) is 0 Å². The molecule has 0 aliphatic carbocycles. The van der Waals surface area contributed by atoms with Crippen molar-refractivity contribution in [2.45, 2.75) is 0 Å². The van der Waals surface area contributed by atoms with E-state index in [4.69, 9.17) is 11.6 Å². The van der Waals surface area contributed by atoms with E-state index in [9.17, 15) is 0 Å². The van der Waals surface area contributed by atoms with Gasteiger partial charge >= 0.3 is 0 Å². The molecule has 2 rings (SSSR count). The van der Waals surface area contributed by atoms with E-state index in [0.29, 0.717) is 5.02 Å². The molecule has 0 saturated carbocycles. The van der Waals surface area contributed by atoms with E-state index in [0.717, 1.165) is 15.6 Å². The van der Waals surface area contributed by atoms with Crippen molar-refractivity contribution in [3.63, 3.8) is 0 Å². The third-order valence-electron chi connectivity index (χ3n) is 1.45. The van der Waals surface area contributed by atoms with Gasteiger partial charge in [-0.1, -0.05) is 11.6 Å². The molecule has 2 heterocycles. The van der Waals surface area contributed by atoms with Crippen LogP contribution in [-0.4, -0.2) is 9.97 Å². The molecule has 2 aromatic heterocycles. The van der Waals surface area contributed by atoms with Crippen LogP contribution in [0.2, 0.25) is 5.02 Å². The number of rotatable bonds is 0. The summed E-state index contributed by atoms with van der Waals surface area (Å²) in [5.41, 5.74) is 0.810. The number of hydrogen-bond donors (Lipinski definition) is 1. The summed E-state index contributed by atoms with van der Waals surface area (Å²) in [4.78, 5) is 7.13. The first-order valence-corrected chi connectivity index (χ1v) is 4.23. The fraction of sp³-hybridized carbons (Fsp3) is 0. The quantitative estimate of drug-likeness (QED) is 0.694. The normalized spacial score (nSPS) is 10.7. The zero-order valence-corrected chi connectivity index (χ0v) is 7.78. The van der Waals surface area contributed by atoms with Crippen LogP contribution in [0.1, 0.15) is 0 Å². The lowest BCUT2D eigenvalue weighted by Gasteiger charge is -1.89. The summed E-state index contributed by atoms with van der Waals surface area (Å²) in [6, 6.07) is 3.79. The Morgan fingerprint density at radius 3 is 3.09 bits per heavy atom. The molecular weight excluding hydrogens is 227 g/mol. The highest BCUT2D eigenvalue weighted by atomic mass is 79.9.